The molecule has 0 amide bonds. The van der Waals surface area contributed by atoms with Crippen LogP contribution in [0.5, 0.6) is 5.88 Å². The van der Waals surface area contributed by atoms with Crippen LogP contribution in [0.2, 0.25) is 0 Å². The van der Waals surface area contributed by atoms with E-state index in [1.807, 2.05) is 0 Å². The lowest BCUT2D eigenvalue weighted by Crippen LogP contribution is -2.34. The van der Waals surface area contributed by atoms with Gasteiger partial charge in [-0.1, -0.05) is 6.92 Å². The molecule has 2 aliphatic heterocycles. The molecule has 54 heavy (non-hydrogen) atoms. The number of nitrogens with one attached hydrogen (secondary N) is 1. The Kier molecular flexibility index (Phi) is 10.8. The SMILES string of the molecule is CC(C[C@H]1O[C@@H](n2cnc3c(=O)[nH]c(N)nc32)C(O)[C@H]1O)CP(=O)(O)OP(=O)(O)CP(=O)(O)OC[C@H]1O[C@@H](n2c[n+](C)c3c(O)nc(N)nc32)C(O)C1O. The summed E-state index contributed by atoms with van der Waals surface area (Å²) >= 11 is 0. The number of fused-ring (bicyclic) bond motifs is 2. The molecule has 0 saturated carbocycles. The van der Waals surface area contributed by atoms with Crippen molar-refractivity contribution in [3.8, 4) is 5.88 Å². The van der Waals surface area contributed by atoms with Gasteiger partial charge in [0.25, 0.3) is 22.6 Å². The predicted octanol–water partition coefficient (Wildman–Crippen LogP) is -2.93. The number of aromatic hydroxyl groups is 1. The number of nitrogen functional groups attached to an aromatic ring is 2. The van der Waals surface area contributed by atoms with Crippen LogP contribution < -0.4 is 21.6 Å². The fourth-order valence-corrected chi connectivity index (χ4v) is 12.4. The molecule has 26 nitrogen and oxygen atoms in total. The summed E-state index contributed by atoms with van der Waals surface area (Å²) < 4.78 is 63.2. The monoisotopic (exact) mass is 827 g/mol. The van der Waals surface area contributed by atoms with Gasteiger partial charge in [0.1, 0.15) is 30.5 Å². The molecule has 12 atom stereocenters. The minimum Gasteiger partial charge on any atom is -0.490 e. The van der Waals surface area contributed by atoms with Crippen LogP contribution in [-0.4, -0.2) is 130 Å². The normalized spacial score (nSPS) is 30.0. The summed E-state index contributed by atoms with van der Waals surface area (Å²) in [5.74, 6) is -3.57. The Morgan fingerprint density at radius 1 is 0.926 bits per heavy atom. The smallest absolute Gasteiger partial charge is 0.347 e. The molecule has 0 radical (unpaired) electrons. The molecule has 7 unspecified atom stereocenters. The number of hydrogen-bond donors (Lipinski definition) is 11. The van der Waals surface area contributed by atoms with Crippen LogP contribution >= 0.6 is 22.8 Å². The summed E-state index contributed by atoms with van der Waals surface area (Å²) in [5, 5.41) is 52.8. The summed E-state index contributed by atoms with van der Waals surface area (Å²) in [7, 11) is -13.9. The number of aryl methyl sites for hydroxylation is 1. The van der Waals surface area contributed by atoms with E-state index in [1.165, 1.54) is 34.0 Å². The summed E-state index contributed by atoms with van der Waals surface area (Å²) in [6, 6.07) is 0. The van der Waals surface area contributed by atoms with Gasteiger partial charge in [0, 0.05) is 0 Å². The molecule has 29 heteroatoms. The number of hydrogen-bond acceptors (Lipinski definition) is 19. The van der Waals surface area contributed by atoms with Gasteiger partial charge in [-0.3, -0.25) is 28.0 Å². The van der Waals surface area contributed by atoms with Crippen LogP contribution in [0.15, 0.2) is 17.4 Å². The van der Waals surface area contributed by atoms with E-state index < -0.39 is 108 Å². The van der Waals surface area contributed by atoms with E-state index in [-0.39, 0.29) is 40.6 Å². The summed E-state index contributed by atoms with van der Waals surface area (Å²) in [4.78, 5) is 61.1. The fourth-order valence-electron chi connectivity index (χ4n) is 6.39. The van der Waals surface area contributed by atoms with E-state index in [0.717, 1.165) is 6.33 Å². The molecule has 4 aromatic heterocycles. The van der Waals surface area contributed by atoms with Gasteiger partial charge in [-0.15, -0.1) is 0 Å². The quantitative estimate of drug-likeness (QED) is 0.0475. The standard InChI is InChI=1S/C25H37N10O16P3/c1-9(3-10-14(36)16(38)22(49-10)34-6-28-12-18(34)29-24(26)31-20(12)40)5-52(42,43)51-54(46,47)8-53(44,45)48-4-11-15(37)17(39)23(50-11)35-7-33(2)13-19(35)30-25(27)32-21(13)41/h6-7,9-11,14-17,22-23,36-39H,3-5,8H2,1-2H3,(H8-,26,27,29,30,31,32,40,41,42,43,44,45,46,47)/p+1/t9?,10-,11-,14+,15?,16?,17?,22-,23-/m1/s1. The molecule has 13 N–H and O–H groups in total. The van der Waals surface area contributed by atoms with Crippen LogP contribution in [0, 0.1) is 5.92 Å². The maximum absolute atomic E-state index is 12.9. The lowest BCUT2D eigenvalue weighted by atomic mass is 10.0. The second-order valence-corrected chi connectivity index (χ2v) is 19.3. The van der Waals surface area contributed by atoms with Crippen molar-refractivity contribution in [1.82, 2.24) is 34.1 Å². The maximum Gasteiger partial charge on any atom is 0.347 e. The number of aliphatic hydroxyl groups excluding tert-OH is 4. The zero-order chi connectivity index (χ0) is 39.7. The Morgan fingerprint density at radius 3 is 2.24 bits per heavy atom. The molecule has 2 fully saturated rings. The molecule has 2 aliphatic rings. The highest BCUT2D eigenvalue weighted by Crippen LogP contribution is 2.66. The van der Waals surface area contributed by atoms with E-state index in [2.05, 4.69) is 29.2 Å². The Labute approximate surface area is 302 Å². The summed E-state index contributed by atoms with van der Waals surface area (Å²) in [5.41, 5.74) is 10.5. The zero-order valence-corrected chi connectivity index (χ0v) is 30.8. The number of nitrogens with two attached hydrogens (primary N) is 2. The number of aliphatic hydroxyl groups is 4. The molecule has 0 aliphatic carbocycles. The van der Waals surface area contributed by atoms with E-state index in [0.29, 0.717) is 0 Å². The Balaban J connectivity index is 1.03. The maximum atomic E-state index is 12.9. The molecule has 6 heterocycles. The summed E-state index contributed by atoms with van der Waals surface area (Å²) in [6.45, 7) is 0.504. The third-order valence-corrected chi connectivity index (χ3v) is 15.2. The van der Waals surface area contributed by atoms with Gasteiger partial charge < -0.3 is 65.7 Å². The molecular formula is C25H38N10O16P3+. The van der Waals surface area contributed by atoms with Crippen molar-refractivity contribution in [2.75, 3.05) is 30.1 Å². The van der Waals surface area contributed by atoms with Crippen molar-refractivity contribution in [2.24, 2.45) is 13.0 Å². The molecule has 0 bridgehead atoms. The third-order valence-electron chi connectivity index (χ3n) is 8.66. The van der Waals surface area contributed by atoms with Crippen LogP contribution in [0.25, 0.3) is 22.3 Å². The highest BCUT2D eigenvalue weighted by Gasteiger charge is 2.50. The van der Waals surface area contributed by atoms with Crippen molar-refractivity contribution in [2.45, 2.75) is 62.4 Å². The number of H-pyrrole nitrogens is 1. The second-order valence-electron chi connectivity index (χ2n) is 13.0. The lowest BCUT2D eigenvalue weighted by Gasteiger charge is -2.23. The first-order chi connectivity index (χ1) is 25.1. The third kappa shape index (κ3) is 8.08. The van der Waals surface area contributed by atoms with Crippen LogP contribution in [-0.2, 0) is 39.1 Å². The molecule has 6 rings (SSSR count). The number of anilines is 2. The highest BCUT2D eigenvalue weighted by molar-refractivity contribution is 7.74. The molecule has 0 spiro atoms. The average molecular weight is 828 g/mol. The number of nitrogens with zero attached hydrogens (tertiary/aromatic N) is 7. The van der Waals surface area contributed by atoms with Gasteiger partial charge in [0.2, 0.25) is 24.5 Å². The van der Waals surface area contributed by atoms with Crippen LogP contribution in [0.3, 0.4) is 0 Å². The minimum atomic E-state index is -5.34. The number of imidazole rings is 2. The number of rotatable bonds is 13. The molecule has 4 aromatic rings. The van der Waals surface area contributed by atoms with Gasteiger partial charge in [-0.2, -0.15) is 19.5 Å². The molecule has 298 valence electrons. The van der Waals surface area contributed by atoms with Gasteiger partial charge in [-0.05, 0) is 12.3 Å². The Hall–Kier alpha value is -3.45. The summed E-state index contributed by atoms with van der Waals surface area (Å²) in [6.07, 6.45) is -10.3. The van der Waals surface area contributed by atoms with Gasteiger partial charge in [-0.25, -0.2) is 13.9 Å². The van der Waals surface area contributed by atoms with Gasteiger partial charge >= 0.3 is 22.8 Å². The first-order valence-electron chi connectivity index (χ1n) is 15.9. The van der Waals surface area contributed by atoms with Crippen LogP contribution in [0.1, 0.15) is 25.8 Å². The Bertz CT molecular complexity index is 2270. The van der Waals surface area contributed by atoms with Crippen molar-refractivity contribution in [3.05, 3.63) is 23.0 Å². The largest absolute Gasteiger partial charge is 0.490 e. The number of aromatic amines is 1. The predicted molar refractivity (Wildman–Crippen MR) is 179 cm³/mol. The Morgan fingerprint density at radius 2 is 1.56 bits per heavy atom. The van der Waals surface area contributed by atoms with Crippen molar-refractivity contribution in [3.63, 3.8) is 0 Å². The van der Waals surface area contributed by atoms with Gasteiger partial charge in [0.15, 0.2) is 23.3 Å². The zero-order valence-electron chi connectivity index (χ0n) is 28.1. The minimum absolute atomic E-state index is 0.00794. The van der Waals surface area contributed by atoms with Gasteiger partial charge in [0.05, 0.1) is 32.2 Å². The van der Waals surface area contributed by atoms with Crippen molar-refractivity contribution >= 4 is 57.0 Å². The first kappa shape index (κ1) is 40.2. The van der Waals surface area contributed by atoms with E-state index in [4.69, 9.17) is 25.5 Å². The lowest BCUT2D eigenvalue weighted by molar-refractivity contribution is -0.646. The second kappa shape index (κ2) is 14.6. The average Bonchev–Trinajstić information content (AvgIpc) is 3.75. The van der Waals surface area contributed by atoms with Crippen LogP contribution in [0.4, 0.5) is 11.9 Å². The topological polar surface area (TPSA) is 400 Å². The molecule has 2 saturated heterocycles. The number of ether oxygens (including phenoxy) is 2. The highest BCUT2D eigenvalue weighted by atomic mass is 31.3. The molecule has 0 aromatic carbocycles. The van der Waals surface area contributed by atoms with Crippen molar-refractivity contribution in [1.29, 1.82) is 0 Å². The van der Waals surface area contributed by atoms with E-state index in [1.54, 1.807) is 0 Å². The first-order valence-corrected chi connectivity index (χ1v) is 21.1. The van der Waals surface area contributed by atoms with E-state index in [9.17, 15) is 58.7 Å². The van der Waals surface area contributed by atoms with E-state index >= 15 is 0 Å². The number of aromatic nitrogens is 8. The fraction of sp³-hybridized carbons (Fsp3) is 0.600. The van der Waals surface area contributed by atoms with Crippen molar-refractivity contribution < 1.29 is 76.8 Å². The molecular weight excluding hydrogens is 789 g/mol.